The molecule has 2 amide bonds. The number of thiazole rings is 1. The molecule has 2 aliphatic rings. The molecule has 1 fully saturated rings. The number of carbonyl (C=O) groups is 3. The number of hydrogen-bond acceptors (Lipinski definition) is 6. The lowest BCUT2D eigenvalue weighted by atomic mass is 10.0. The van der Waals surface area contributed by atoms with Crippen LogP contribution in [0.25, 0.3) is 5.57 Å². The maximum Gasteiger partial charge on any atom is 0.253 e. The normalized spacial score (nSPS) is 21.5. The molecular formula is C18H15N3O3S3. The van der Waals surface area contributed by atoms with Crippen molar-refractivity contribution in [3.05, 3.63) is 58.2 Å². The molecule has 6 nitrogen and oxygen atoms in total. The van der Waals surface area contributed by atoms with Gasteiger partial charge in [-0.3, -0.25) is 19.3 Å². The molecule has 1 N–H and O–H groups in total. The van der Waals surface area contributed by atoms with Crippen LogP contribution in [0.15, 0.2) is 47.6 Å². The molecule has 2 aliphatic heterocycles. The van der Waals surface area contributed by atoms with Crippen molar-refractivity contribution in [3.8, 4) is 0 Å². The number of carbonyl (C=O) groups excluding carboxylic acids is 3. The van der Waals surface area contributed by atoms with E-state index in [0.717, 1.165) is 5.56 Å². The van der Waals surface area contributed by atoms with Crippen molar-refractivity contribution in [1.82, 2.24) is 15.2 Å². The minimum absolute atomic E-state index is 0.209. The summed E-state index contributed by atoms with van der Waals surface area (Å²) in [6.45, 7) is 0. The third-order valence-corrected chi connectivity index (χ3v) is 6.71. The molecule has 0 bridgehead atoms. The first kappa shape index (κ1) is 18.3. The van der Waals surface area contributed by atoms with Gasteiger partial charge in [0.05, 0.1) is 6.42 Å². The van der Waals surface area contributed by atoms with E-state index in [1.807, 2.05) is 35.7 Å². The Balaban J connectivity index is 1.51. The molecule has 3 heterocycles. The Bertz CT molecular complexity index is 928. The lowest BCUT2D eigenvalue weighted by Gasteiger charge is -2.49. The average Bonchev–Trinajstić information content (AvgIpc) is 3.20. The fourth-order valence-corrected chi connectivity index (χ4v) is 5.52. The molecule has 138 valence electrons. The Kier molecular flexibility index (Phi) is 5.07. The highest BCUT2D eigenvalue weighted by Gasteiger charge is 2.53. The van der Waals surface area contributed by atoms with Gasteiger partial charge in [0.25, 0.3) is 5.91 Å². The zero-order valence-electron chi connectivity index (χ0n) is 14.0. The van der Waals surface area contributed by atoms with Gasteiger partial charge in [0.15, 0.2) is 0 Å². The van der Waals surface area contributed by atoms with E-state index in [4.69, 9.17) is 0 Å². The number of nitrogens with zero attached hydrogens (tertiary/aromatic N) is 2. The first-order chi connectivity index (χ1) is 13.1. The predicted molar refractivity (Wildman–Crippen MR) is 108 cm³/mol. The first-order valence-corrected chi connectivity index (χ1v) is 10.6. The molecule has 1 saturated heterocycles. The van der Waals surface area contributed by atoms with Crippen molar-refractivity contribution in [1.29, 1.82) is 0 Å². The lowest BCUT2D eigenvalue weighted by Crippen LogP contribution is -2.70. The number of thioether (sulfide) groups is 1. The quantitative estimate of drug-likeness (QED) is 0.574. The van der Waals surface area contributed by atoms with Crippen molar-refractivity contribution in [2.24, 2.45) is 0 Å². The molecule has 2 atom stereocenters. The number of thiol groups is 1. The van der Waals surface area contributed by atoms with Crippen molar-refractivity contribution >= 4 is 58.2 Å². The number of nitrogens with one attached hydrogen (secondary N) is 1. The summed E-state index contributed by atoms with van der Waals surface area (Å²) in [7, 11) is 0. The van der Waals surface area contributed by atoms with Gasteiger partial charge in [0.2, 0.25) is 11.0 Å². The molecule has 2 aromatic rings. The maximum absolute atomic E-state index is 12.7. The molecule has 4 rings (SSSR count). The number of fused-ring (bicyclic) bond motifs is 1. The van der Waals surface area contributed by atoms with Gasteiger partial charge in [0.1, 0.15) is 22.1 Å². The van der Waals surface area contributed by atoms with Crippen LogP contribution in [0.3, 0.4) is 0 Å². The van der Waals surface area contributed by atoms with E-state index >= 15 is 0 Å². The zero-order chi connectivity index (χ0) is 19.0. The lowest BCUT2D eigenvalue weighted by molar-refractivity contribution is -0.146. The number of amides is 2. The Morgan fingerprint density at radius 3 is 2.74 bits per heavy atom. The van der Waals surface area contributed by atoms with Crippen LogP contribution in [0.4, 0.5) is 0 Å². The second-order valence-corrected chi connectivity index (χ2v) is 8.49. The highest BCUT2D eigenvalue weighted by molar-refractivity contribution is 8.00. The molecule has 0 spiro atoms. The fraction of sp³-hybridized carbons (Fsp3) is 0.222. The van der Waals surface area contributed by atoms with Crippen molar-refractivity contribution in [2.45, 2.75) is 17.8 Å². The van der Waals surface area contributed by atoms with Crippen LogP contribution in [-0.2, 0) is 20.8 Å². The molecule has 1 aromatic carbocycles. The zero-order valence-corrected chi connectivity index (χ0v) is 16.5. The molecule has 0 saturated carbocycles. The van der Waals surface area contributed by atoms with Crippen molar-refractivity contribution in [3.63, 3.8) is 0 Å². The van der Waals surface area contributed by atoms with Gasteiger partial charge in [-0.25, -0.2) is 4.98 Å². The summed E-state index contributed by atoms with van der Waals surface area (Å²) in [5, 5.41) is 4.57. The van der Waals surface area contributed by atoms with Gasteiger partial charge < -0.3 is 5.32 Å². The maximum atomic E-state index is 12.7. The summed E-state index contributed by atoms with van der Waals surface area (Å²) in [6, 6.07) is 8.72. The van der Waals surface area contributed by atoms with Crippen LogP contribution < -0.4 is 5.32 Å². The van der Waals surface area contributed by atoms with Gasteiger partial charge in [-0.15, -0.1) is 23.1 Å². The van der Waals surface area contributed by atoms with E-state index in [2.05, 4.69) is 22.9 Å². The van der Waals surface area contributed by atoms with Crippen molar-refractivity contribution in [2.75, 3.05) is 5.75 Å². The van der Waals surface area contributed by atoms with Gasteiger partial charge in [-0.1, -0.05) is 43.0 Å². The van der Waals surface area contributed by atoms with Crippen LogP contribution in [0.2, 0.25) is 0 Å². The van der Waals surface area contributed by atoms with Gasteiger partial charge in [0, 0.05) is 22.9 Å². The molecule has 0 radical (unpaired) electrons. The monoisotopic (exact) mass is 417 g/mol. The molecule has 1 aromatic heterocycles. The Morgan fingerprint density at radius 2 is 2.07 bits per heavy atom. The van der Waals surface area contributed by atoms with Crippen LogP contribution in [0.5, 0.6) is 0 Å². The van der Waals surface area contributed by atoms with E-state index in [-0.39, 0.29) is 29.3 Å². The van der Waals surface area contributed by atoms with E-state index in [0.29, 0.717) is 16.3 Å². The standard InChI is InChI=1S/C18H15N3O3S3/c22-12(8-10-4-2-1-3-5-10)20-13-16(23)21-14(18(24)25)11(9-27-17(13)21)15-19-6-7-26-15/h1-7,13,17H,8-9H2,(H,20,22)(H,24,25)/t13-,17-/m1/s1. The minimum Gasteiger partial charge on any atom is -0.341 e. The summed E-state index contributed by atoms with van der Waals surface area (Å²) in [6.07, 6.45) is 1.87. The summed E-state index contributed by atoms with van der Waals surface area (Å²) in [5.41, 5.74) is 1.87. The van der Waals surface area contributed by atoms with E-state index in [1.165, 1.54) is 28.0 Å². The molecule has 0 aliphatic carbocycles. The predicted octanol–water partition coefficient (Wildman–Crippen LogP) is 1.95. The Labute approximate surface area is 169 Å². The fourth-order valence-electron chi connectivity index (χ4n) is 3.16. The smallest absolute Gasteiger partial charge is 0.253 e. The largest absolute Gasteiger partial charge is 0.341 e. The minimum atomic E-state index is -0.633. The van der Waals surface area contributed by atoms with E-state index in [1.54, 1.807) is 6.20 Å². The molecule has 0 unspecified atom stereocenters. The number of hydrogen-bond donors (Lipinski definition) is 2. The highest BCUT2D eigenvalue weighted by Crippen LogP contribution is 2.44. The number of β-lactam (4-membered cyclic amide) rings is 1. The third-order valence-electron chi connectivity index (χ3n) is 4.39. The van der Waals surface area contributed by atoms with Gasteiger partial charge in [-0.2, -0.15) is 0 Å². The summed E-state index contributed by atoms with van der Waals surface area (Å²) >= 11 is 6.89. The molecule has 9 heteroatoms. The first-order valence-electron chi connectivity index (χ1n) is 8.20. The topological polar surface area (TPSA) is 79.4 Å². The Hall–Kier alpha value is -2.10. The van der Waals surface area contributed by atoms with E-state index < -0.39 is 11.2 Å². The number of rotatable bonds is 5. The third kappa shape index (κ3) is 3.42. The summed E-state index contributed by atoms with van der Waals surface area (Å²) in [5.74, 6) is 0.0302. The molecular weight excluding hydrogens is 402 g/mol. The van der Waals surface area contributed by atoms with Crippen LogP contribution in [0, 0.1) is 0 Å². The second kappa shape index (κ2) is 7.49. The van der Waals surface area contributed by atoms with Crippen LogP contribution in [0.1, 0.15) is 10.6 Å². The highest BCUT2D eigenvalue weighted by atomic mass is 32.2. The SMILES string of the molecule is O=C(Cc1ccccc1)N[C@@H]1C(=O)N2C(C(=O)S)=C(c3nccs3)CS[C@H]12. The Morgan fingerprint density at radius 1 is 1.30 bits per heavy atom. The summed E-state index contributed by atoms with van der Waals surface area (Å²) < 4.78 is 0. The van der Waals surface area contributed by atoms with Gasteiger partial charge >= 0.3 is 0 Å². The van der Waals surface area contributed by atoms with Gasteiger partial charge in [-0.05, 0) is 5.56 Å². The van der Waals surface area contributed by atoms with Crippen LogP contribution >= 0.6 is 35.7 Å². The second-order valence-electron chi connectivity index (χ2n) is 6.09. The van der Waals surface area contributed by atoms with Crippen molar-refractivity contribution < 1.29 is 14.4 Å². The molecule has 27 heavy (non-hydrogen) atoms. The number of benzene rings is 1. The summed E-state index contributed by atoms with van der Waals surface area (Å²) in [4.78, 5) is 42.8. The van der Waals surface area contributed by atoms with E-state index in [9.17, 15) is 14.4 Å². The number of aromatic nitrogens is 1. The van der Waals surface area contributed by atoms with Crippen LogP contribution in [-0.4, -0.2) is 44.0 Å². The average molecular weight is 418 g/mol.